The van der Waals surface area contributed by atoms with Crippen molar-refractivity contribution in [3.8, 4) is 11.4 Å². The van der Waals surface area contributed by atoms with Crippen LogP contribution in [-0.4, -0.2) is 45.4 Å². The summed E-state index contributed by atoms with van der Waals surface area (Å²) in [7, 11) is 1.62. The molecule has 37 heavy (non-hydrogen) atoms. The molecule has 0 spiro atoms. The Morgan fingerprint density at radius 1 is 1.19 bits per heavy atom. The molecule has 1 amide bonds. The lowest BCUT2D eigenvalue weighted by Crippen LogP contribution is -2.39. The normalized spacial score (nSPS) is 13.0. The number of methoxy groups -OCH3 is 1. The van der Waals surface area contributed by atoms with E-state index >= 15 is 0 Å². The van der Waals surface area contributed by atoms with Gasteiger partial charge in [-0.25, -0.2) is 9.67 Å². The van der Waals surface area contributed by atoms with E-state index in [0.29, 0.717) is 30.1 Å². The first-order chi connectivity index (χ1) is 18.0. The minimum atomic E-state index is -0.109. The van der Waals surface area contributed by atoms with Crippen molar-refractivity contribution in [1.82, 2.24) is 24.6 Å². The van der Waals surface area contributed by atoms with Crippen molar-refractivity contribution in [2.45, 2.75) is 25.9 Å². The van der Waals surface area contributed by atoms with Crippen LogP contribution in [0.1, 0.15) is 33.7 Å². The number of nitrogens with two attached hydrogens (primary N) is 1. The summed E-state index contributed by atoms with van der Waals surface area (Å²) in [5.74, 6) is 0.621. The zero-order valence-corrected chi connectivity index (χ0v) is 20.9. The number of aryl methyl sites for hydroxylation is 1. The molecule has 0 bridgehead atoms. The summed E-state index contributed by atoms with van der Waals surface area (Å²) >= 11 is 0. The minimum absolute atomic E-state index is 0.109. The number of aromatic nitrogens is 4. The first-order valence-electron chi connectivity index (χ1n) is 12.3. The second-order valence-electron chi connectivity index (χ2n) is 9.02. The van der Waals surface area contributed by atoms with Crippen molar-refractivity contribution < 1.29 is 9.53 Å². The van der Waals surface area contributed by atoms with Gasteiger partial charge in [0.15, 0.2) is 0 Å². The summed E-state index contributed by atoms with van der Waals surface area (Å²) in [5.41, 5.74) is 11.1. The number of nitrogens with one attached hydrogen (secondary N) is 1. The molecular formula is C28H31N7O2. The van der Waals surface area contributed by atoms with Crippen molar-refractivity contribution in [2.24, 2.45) is 5.73 Å². The molecule has 0 unspecified atom stereocenters. The molecule has 1 aliphatic rings. The van der Waals surface area contributed by atoms with Gasteiger partial charge in [-0.15, -0.1) is 0 Å². The van der Waals surface area contributed by atoms with Gasteiger partial charge in [-0.3, -0.25) is 4.79 Å². The predicted octanol–water partition coefficient (Wildman–Crippen LogP) is 3.39. The molecule has 2 aromatic heterocycles. The van der Waals surface area contributed by atoms with Gasteiger partial charge in [0.1, 0.15) is 17.1 Å². The fourth-order valence-corrected chi connectivity index (χ4v) is 4.65. The Morgan fingerprint density at radius 2 is 2.03 bits per heavy atom. The number of anilines is 1. The smallest absolute Gasteiger partial charge is 0.277 e. The number of ether oxygens (including phenoxy) is 1. The largest absolute Gasteiger partial charge is 0.497 e. The lowest BCUT2D eigenvalue weighted by atomic mass is 10.0. The van der Waals surface area contributed by atoms with Crippen molar-refractivity contribution in [3.63, 3.8) is 0 Å². The number of carbonyl (C=O) groups excluding carboxylic acids is 1. The number of nitrogens with zero attached hydrogens (tertiary/aromatic N) is 5. The zero-order valence-electron chi connectivity index (χ0n) is 20.9. The highest BCUT2D eigenvalue weighted by molar-refractivity contribution is 6.08. The third-order valence-electron chi connectivity index (χ3n) is 6.52. The second-order valence-corrected chi connectivity index (χ2v) is 9.02. The van der Waals surface area contributed by atoms with E-state index in [-0.39, 0.29) is 5.91 Å². The van der Waals surface area contributed by atoms with Gasteiger partial charge < -0.3 is 25.3 Å². The maximum atomic E-state index is 13.8. The van der Waals surface area contributed by atoms with E-state index in [1.807, 2.05) is 53.8 Å². The third kappa shape index (κ3) is 5.12. The fourth-order valence-electron chi connectivity index (χ4n) is 4.65. The van der Waals surface area contributed by atoms with E-state index in [9.17, 15) is 4.79 Å². The topological polar surface area (TPSA) is 103 Å². The lowest BCUT2D eigenvalue weighted by molar-refractivity contribution is 0.0973. The van der Waals surface area contributed by atoms with Gasteiger partial charge in [-0.1, -0.05) is 18.7 Å². The Morgan fingerprint density at radius 3 is 2.76 bits per heavy atom. The van der Waals surface area contributed by atoms with Gasteiger partial charge in [0.25, 0.3) is 5.91 Å². The van der Waals surface area contributed by atoms with Gasteiger partial charge in [0.2, 0.25) is 0 Å². The molecule has 0 fully saturated rings. The Balaban J connectivity index is 1.34. The van der Waals surface area contributed by atoms with Crippen LogP contribution in [0.3, 0.4) is 0 Å². The highest BCUT2D eigenvalue weighted by Crippen LogP contribution is 2.31. The van der Waals surface area contributed by atoms with E-state index in [0.717, 1.165) is 54.3 Å². The summed E-state index contributed by atoms with van der Waals surface area (Å²) < 4.78 is 9.02. The molecule has 0 atom stereocenters. The molecule has 0 saturated carbocycles. The molecule has 0 radical (unpaired) electrons. The van der Waals surface area contributed by atoms with Gasteiger partial charge >= 0.3 is 0 Å². The maximum absolute atomic E-state index is 13.8. The van der Waals surface area contributed by atoms with Crippen molar-refractivity contribution in [3.05, 3.63) is 96.3 Å². The van der Waals surface area contributed by atoms with Crippen LogP contribution < -0.4 is 20.7 Å². The highest BCUT2D eigenvalue weighted by Gasteiger charge is 2.33. The van der Waals surface area contributed by atoms with E-state index in [1.54, 1.807) is 18.0 Å². The van der Waals surface area contributed by atoms with Crippen LogP contribution in [0.4, 0.5) is 5.69 Å². The molecule has 9 nitrogen and oxygen atoms in total. The van der Waals surface area contributed by atoms with Crippen molar-refractivity contribution in [1.29, 1.82) is 0 Å². The second kappa shape index (κ2) is 10.7. The van der Waals surface area contributed by atoms with Crippen molar-refractivity contribution >= 4 is 17.3 Å². The molecule has 3 heterocycles. The van der Waals surface area contributed by atoms with Crippen LogP contribution in [0.2, 0.25) is 0 Å². The monoisotopic (exact) mass is 497 g/mol. The maximum Gasteiger partial charge on any atom is 0.277 e. The summed E-state index contributed by atoms with van der Waals surface area (Å²) in [6.07, 6.45) is 7.24. The molecule has 5 rings (SSSR count). The van der Waals surface area contributed by atoms with E-state index in [1.165, 1.54) is 0 Å². The van der Waals surface area contributed by atoms with Crippen molar-refractivity contribution in [2.75, 3.05) is 25.1 Å². The Labute approximate surface area is 216 Å². The standard InChI is InChI=1S/C28H31N7O2/c1-20(29)26-25-11-15-34(28(36)27(25)35(32-26)22-7-9-24(37-2)10-8-22)23-6-3-5-21(17-23)18-30-12-4-14-33-16-13-31-19-33/h3,5-10,13,16-17,19,30H,1,4,11-12,14-15,18,29H2,2H3. The highest BCUT2D eigenvalue weighted by atomic mass is 16.5. The van der Waals surface area contributed by atoms with E-state index in [4.69, 9.17) is 10.5 Å². The number of hydrogen-bond acceptors (Lipinski definition) is 6. The van der Waals surface area contributed by atoms with Crippen LogP contribution >= 0.6 is 0 Å². The van der Waals surface area contributed by atoms with Crippen LogP contribution in [0.15, 0.2) is 73.8 Å². The fraction of sp³-hybridized carbons (Fsp3) is 0.250. The first kappa shape index (κ1) is 24.3. The molecule has 190 valence electrons. The number of amides is 1. The summed E-state index contributed by atoms with van der Waals surface area (Å²) in [4.78, 5) is 19.7. The summed E-state index contributed by atoms with van der Waals surface area (Å²) in [5, 5.41) is 8.17. The average molecular weight is 498 g/mol. The number of benzene rings is 2. The molecular weight excluding hydrogens is 466 g/mol. The third-order valence-corrected chi connectivity index (χ3v) is 6.52. The van der Waals surface area contributed by atoms with E-state index in [2.05, 4.69) is 38.7 Å². The van der Waals surface area contributed by atoms with Crippen LogP contribution in [0.25, 0.3) is 11.4 Å². The Kier molecular flexibility index (Phi) is 7.04. The molecule has 2 aromatic carbocycles. The summed E-state index contributed by atoms with van der Waals surface area (Å²) in [6.45, 7) is 6.97. The Bertz CT molecular complexity index is 1390. The van der Waals surface area contributed by atoms with Gasteiger partial charge in [-0.05, 0) is 61.3 Å². The van der Waals surface area contributed by atoms with E-state index < -0.39 is 0 Å². The van der Waals surface area contributed by atoms with Crippen LogP contribution in [0.5, 0.6) is 5.75 Å². The van der Waals surface area contributed by atoms with Gasteiger partial charge in [0.05, 0.1) is 24.8 Å². The van der Waals surface area contributed by atoms with Gasteiger partial charge in [0, 0.05) is 43.3 Å². The van der Waals surface area contributed by atoms with Crippen LogP contribution in [0, 0.1) is 0 Å². The van der Waals surface area contributed by atoms with Crippen LogP contribution in [-0.2, 0) is 19.5 Å². The lowest BCUT2D eigenvalue weighted by Gasteiger charge is -2.28. The number of hydrogen-bond donors (Lipinski definition) is 2. The van der Waals surface area contributed by atoms with Gasteiger partial charge in [-0.2, -0.15) is 5.10 Å². The molecule has 0 saturated heterocycles. The molecule has 3 N–H and O–H groups in total. The molecule has 9 heteroatoms. The number of fused-ring (bicyclic) bond motifs is 1. The molecule has 1 aliphatic heterocycles. The predicted molar refractivity (Wildman–Crippen MR) is 144 cm³/mol. The average Bonchev–Trinajstić information content (AvgIpc) is 3.58. The molecule has 4 aromatic rings. The number of carbonyl (C=O) groups is 1. The zero-order chi connectivity index (χ0) is 25.8. The quantitative estimate of drug-likeness (QED) is 0.326. The number of rotatable bonds is 10. The summed E-state index contributed by atoms with van der Waals surface area (Å²) in [6, 6.07) is 15.6. The SMILES string of the molecule is C=C(N)c1nn(-c2ccc(OC)cc2)c2c1CCN(c1cccc(CNCCCn3ccnc3)c1)C2=O. The molecule has 0 aliphatic carbocycles. The first-order valence-corrected chi connectivity index (χ1v) is 12.3. The minimum Gasteiger partial charge on any atom is -0.497 e. The Hall–Kier alpha value is -4.37. The number of imidazole rings is 1.